The molecule has 0 unspecified atom stereocenters. The number of anilines is 2. The van der Waals surface area contributed by atoms with Gasteiger partial charge in [0.15, 0.2) is 6.61 Å². The summed E-state index contributed by atoms with van der Waals surface area (Å²) >= 11 is 5.43. The van der Waals surface area contributed by atoms with E-state index in [9.17, 15) is 46.5 Å². The average Bonchev–Trinajstić information content (AvgIpc) is 2.84. The molecule has 0 atom stereocenters. The Hall–Kier alpha value is -2.32. The minimum atomic E-state index is -5.97. The molecule has 222 valence electrons. The van der Waals surface area contributed by atoms with E-state index in [1.54, 1.807) is 45.2 Å². The summed E-state index contributed by atoms with van der Waals surface area (Å²) in [5.41, 5.74) is -1.63. The number of esters is 2. The van der Waals surface area contributed by atoms with Gasteiger partial charge in [0.1, 0.15) is 11.3 Å². The van der Waals surface area contributed by atoms with E-state index in [0.717, 1.165) is 6.07 Å². The van der Waals surface area contributed by atoms with Crippen LogP contribution in [0, 0.1) is 20.8 Å². The molecule has 2 aromatic rings. The van der Waals surface area contributed by atoms with E-state index in [2.05, 4.69) is 10.1 Å². The molecular weight excluding hydrogens is 921 g/mol. The smallest absolute Gasteiger partial charge is 0.402 e. The van der Waals surface area contributed by atoms with Gasteiger partial charge in [-0.25, -0.2) is 9.59 Å². The summed E-state index contributed by atoms with van der Waals surface area (Å²) in [6.45, 7) is 0.326. The molecule has 0 fully saturated rings. The summed E-state index contributed by atoms with van der Waals surface area (Å²) in [5.74, 6) is -4.26. The molecule has 0 aliphatic rings. The van der Waals surface area contributed by atoms with Gasteiger partial charge in [0, 0.05) is 33.0 Å². The van der Waals surface area contributed by atoms with Crippen molar-refractivity contribution >= 4 is 119 Å². The lowest BCUT2D eigenvalue weighted by Gasteiger charge is -2.24. The zero-order valence-electron chi connectivity index (χ0n) is 20.7. The number of amides is 2. The molecule has 0 radical (unpaired) electrons. The van der Waals surface area contributed by atoms with Crippen molar-refractivity contribution in [1.82, 2.24) is 0 Å². The van der Waals surface area contributed by atoms with Crippen LogP contribution in [0.15, 0.2) is 18.2 Å². The number of ether oxygens (including phenoxy) is 2. The van der Waals surface area contributed by atoms with Crippen LogP contribution in [0.4, 0.5) is 25.8 Å². The summed E-state index contributed by atoms with van der Waals surface area (Å²) < 4.78 is 67.4. The number of carbonyl (C=O) groups is 4. The molecule has 0 aliphatic heterocycles. The largest absolute Gasteiger partial charge is 0.454 e. The number of rotatable bonds is 9. The SMILES string of the molecule is CC(=O)Nc1c(I)c(C(=O)Oc2ccc([N+](=O)[O-])c(C(=O)OCC(F)(F)S(=O)(=O)O)c2)c(I)c(N(C)C(C)=O)c1I. The van der Waals surface area contributed by atoms with Gasteiger partial charge in [0.2, 0.25) is 11.8 Å². The van der Waals surface area contributed by atoms with Crippen LogP contribution in [-0.2, 0) is 24.4 Å². The monoisotopic (exact) mass is 937 g/mol. The maximum atomic E-state index is 13.5. The van der Waals surface area contributed by atoms with Gasteiger partial charge in [-0.05, 0) is 73.8 Å². The van der Waals surface area contributed by atoms with Crippen LogP contribution in [0.1, 0.15) is 34.6 Å². The molecule has 2 N–H and O–H groups in total. The van der Waals surface area contributed by atoms with Gasteiger partial charge >= 0.3 is 27.3 Å². The first-order valence-electron chi connectivity index (χ1n) is 10.5. The number of nitrogens with one attached hydrogen (secondary N) is 1. The molecule has 2 rings (SSSR count). The minimum absolute atomic E-state index is 0.131. The van der Waals surface area contributed by atoms with Crippen molar-refractivity contribution in [2.24, 2.45) is 0 Å². The van der Waals surface area contributed by atoms with Crippen LogP contribution in [-0.4, -0.2) is 60.6 Å². The molecule has 0 aromatic heterocycles. The molecule has 0 bridgehead atoms. The second kappa shape index (κ2) is 13.3. The van der Waals surface area contributed by atoms with Gasteiger partial charge in [-0.15, -0.1) is 0 Å². The van der Waals surface area contributed by atoms with E-state index in [4.69, 9.17) is 9.29 Å². The molecule has 0 saturated carbocycles. The lowest BCUT2D eigenvalue weighted by Crippen LogP contribution is -2.34. The molecular formula is C21H16F2I3N3O11S. The van der Waals surface area contributed by atoms with Gasteiger partial charge < -0.3 is 19.7 Å². The number of hydrogen-bond donors (Lipinski definition) is 2. The number of carbonyl (C=O) groups excluding carboxylic acids is 4. The van der Waals surface area contributed by atoms with Crippen molar-refractivity contribution in [3.05, 3.63) is 50.2 Å². The van der Waals surface area contributed by atoms with Crippen LogP contribution in [0.25, 0.3) is 0 Å². The van der Waals surface area contributed by atoms with Gasteiger partial charge in [0.25, 0.3) is 5.69 Å². The molecule has 0 aliphatic carbocycles. The molecule has 0 heterocycles. The maximum absolute atomic E-state index is 13.5. The number of nitro benzene ring substituents is 1. The number of nitrogens with zero attached hydrogens (tertiary/aromatic N) is 2. The van der Waals surface area contributed by atoms with Crippen molar-refractivity contribution < 1.29 is 55.3 Å². The molecule has 2 amide bonds. The van der Waals surface area contributed by atoms with Crippen LogP contribution < -0.4 is 15.0 Å². The Morgan fingerprint density at radius 3 is 2.17 bits per heavy atom. The first-order valence-corrected chi connectivity index (χ1v) is 15.1. The second-order valence-electron chi connectivity index (χ2n) is 7.81. The van der Waals surface area contributed by atoms with E-state index in [-0.39, 0.29) is 24.1 Å². The van der Waals surface area contributed by atoms with Crippen molar-refractivity contribution in [3.8, 4) is 5.75 Å². The van der Waals surface area contributed by atoms with Crippen molar-refractivity contribution in [3.63, 3.8) is 0 Å². The van der Waals surface area contributed by atoms with Gasteiger partial charge in [0.05, 0.1) is 32.6 Å². The Morgan fingerprint density at radius 2 is 1.68 bits per heavy atom. The van der Waals surface area contributed by atoms with Crippen LogP contribution >= 0.6 is 67.8 Å². The van der Waals surface area contributed by atoms with Gasteiger partial charge in [-0.2, -0.15) is 17.2 Å². The summed E-state index contributed by atoms with van der Waals surface area (Å²) in [6, 6.07) is 2.26. The number of benzene rings is 2. The Morgan fingerprint density at radius 1 is 1.10 bits per heavy atom. The standard InChI is InChI=1S/C21H16F2I3N3O11S/c1-8(30)27-17-14(24)13(15(25)18(16(17)26)28(3)9(2)31)20(33)40-10-4-5-12(29(34)35)11(6-10)19(32)39-7-21(22,23)41(36,37)38/h4-6H,7H2,1-3H3,(H,27,30)(H,36,37,38). The Kier molecular flexibility index (Phi) is 11.3. The quantitative estimate of drug-likeness (QED) is 0.0913. The number of halogens is 5. The van der Waals surface area contributed by atoms with E-state index in [1.165, 1.54) is 25.8 Å². The lowest BCUT2D eigenvalue weighted by atomic mass is 10.1. The fourth-order valence-electron chi connectivity index (χ4n) is 2.93. The van der Waals surface area contributed by atoms with Gasteiger partial charge in [-0.1, -0.05) is 0 Å². The minimum Gasteiger partial charge on any atom is -0.454 e. The topological polar surface area (TPSA) is 200 Å². The Labute approximate surface area is 270 Å². The number of alkyl halides is 2. The maximum Gasteiger partial charge on any atom is 0.402 e. The van der Waals surface area contributed by atoms with E-state index < -0.39 is 67.7 Å². The predicted molar refractivity (Wildman–Crippen MR) is 163 cm³/mol. The molecule has 0 spiro atoms. The van der Waals surface area contributed by atoms with Crippen LogP contribution in [0.3, 0.4) is 0 Å². The highest BCUT2D eigenvalue weighted by Gasteiger charge is 2.46. The zero-order chi connectivity index (χ0) is 31.6. The highest BCUT2D eigenvalue weighted by molar-refractivity contribution is 14.1. The normalized spacial score (nSPS) is 11.4. The number of hydrogen-bond acceptors (Lipinski definition) is 10. The van der Waals surface area contributed by atoms with Crippen LogP contribution in [0.5, 0.6) is 5.75 Å². The second-order valence-corrected chi connectivity index (χ2v) is 12.6. The molecule has 41 heavy (non-hydrogen) atoms. The number of nitro groups is 1. The summed E-state index contributed by atoms with van der Waals surface area (Å²) in [5, 5.41) is 9.06. The lowest BCUT2D eigenvalue weighted by molar-refractivity contribution is -0.385. The zero-order valence-corrected chi connectivity index (χ0v) is 28.0. The fraction of sp³-hybridized carbons (Fsp3) is 0.238. The van der Waals surface area contributed by atoms with E-state index >= 15 is 0 Å². The van der Waals surface area contributed by atoms with Crippen molar-refractivity contribution in [2.45, 2.75) is 19.1 Å². The fourth-order valence-corrected chi connectivity index (χ4v) is 7.74. The third-order valence-corrected chi connectivity index (χ3v) is 9.00. The van der Waals surface area contributed by atoms with Crippen LogP contribution in [0.2, 0.25) is 0 Å². The van der Waals surface area contributed by atoms with Crippen molar-refractivity contribution in [1.29, 1.82) is 0 Å². The first-order chi connectivity index (χ1) is 18.7. The molecule has 14 nitrogen and oxygen atoms in total. The van der Waals surface area contributed by atoms with Gasteiger partial charge in [-0.3, -0.25) is 24.3 Å². The van der Waals surface area contributed by atoms with E-state index in [0.29, 0.717) is 15.7 Å². The summed E-state index contributed by atoms with van der Waals surface area (Å²) in [6.07, 6.45) is 0. The summed E-state index contributed by atoms with van der Waals surface area (Å²) in [7, 11) is -4.53. The summed E-state index contributed by atoms with van der Waals surface area (Å²) in [4.78, 5) is 61.2. The van der Waals surface area contributed by atoms with E-state index in [1.807, 2.05) is 22.6 Å². The third-order valence-electron chi connectivity index (χ3n) is 4.95. The molecule has 0 saturated heterocycles. The highest BCUT2D eigenvalue weighted by atomic mass is 127. The third kappa shape index (κ3) is 7.95. The first kappa shape index (κ1) is 34.9. The van der Waals surface area contributed by atoms with Crippen molar-refractivity contribution in [2.75, 3.05) is 23.9 Å². The average molecular weight is 937 g/mol. The Bertz CT molecular complexity index is 1590. The molecule has 20 heteroatoms. The molecule has 2 aromatic carbocycles. The predicted octanol–water partition coefficient (Wildman–Crippen LogP) is 4.21. The Balaban J connectivity index is 2.59. The highest BCUT2D eigenvalue weighted by Crippen LogP contribution is 2.41.